The van der Waals surface area contributed by atoms with Crippen molar-refractivity contribution in [3.05, 3.63) is 148 Å². The number of furan rings is 1. The minimum Gasteiger partial charge on any atom is -0.454 e. The molecule has 3 nitrogen and oxygen atoms in total. The molecule has 1 spiro atoms. The maximum absolute atomic E-state index is 9.52. The smallest absolute Gasteiger partial charge is 0.417 e. The summed E-state index contributed by atoms with van der Waals surface area (Å²) in [5.74, 6) is -0.857. The van der Waals surface area contributed by atoms with Crippen LogP contribution in [0.3, 0.4) is 0 Å². The van der Waals surface area contributed by atoms with Crippen LogP contribution in [0.4, 0.5) is 0 Å². The highest BCUT2D eigenvalue weighted by molar-refractivity contribution is 6.12. The predicted molar refractivity (Wildman–Crippen MR) is 189 cm³/mol. The summed E-state index contributed by atoms with van der Waals surface area (Å²) in [5, 5.41) is 2.29. The van der Waals surface area contributed by atoms with Gasteiger partial charge in [-0.2, -0.15) is 0 Å². The quantitative estimate of drug-likeness (QED) is 0.179. The number of rotatable bonds is 2. The lowest BCUT2D eigenvalue weighted by Crippen LogP contribution is -2.71. The van der Waals surface area contributed by atoms with Gasteiger partial charge >= 0.3 is 5.66 Å². The molecule has 3 heteroatoms. The Morgan fingerprint density at radius 3 is 2.32 bits per heavy atom. The molecule has 0 saturated heterocycles. The van der Waals surface area contributed by atoms with Crippen molar-refractivity contribution < 1.29 is 14.9 Å². The summed E-state index contributed by atoms with van der Waals surface area (Å²) in [5.41, 5.74) is 17.9. The molecule has 2 aliphatic heterocycles. The number of allylic oxidation sites excluding steroid dienone is 1. The van der Waals surface area contributed by atoms with Crippen LogP contribution >= 0.6 is 0 Å². The Hall–Kier alpha value is -5.28. The van der Waals surface area contributed by atoms with Crippen molar-refractivity contribution in [1.29, 1.82) is 0 Å². The van der Waals surface area contributed by atoms with Gasteiger partial charge in [-0.05, 0) is 91.2 Å². The second kappa shape index (κ2) is 9.17. The van der Waals surface area contributed by atoms with Crippen LogP contribution in [0.2, 0.25) is 0 Å². The van der Waals surface area contributed by atoms with Crippen molar-refractivity contribution in [2.45, 2.75) is 52.6 Å². The van der Waals surface area contributed by atoms with Crippen LogP contribution in [0, 0.1) is 13.8 Å². The molecule has 4 aromatic carbocycles. The Kier molecular flexibility index (Phi) is 5.04. The van der Waals surface area contributed by atoms with Crippen molar-refractivity contribution in [2.75, 3.05) is 0 Å². The van der Waals surface area contributed by atoms with Crippen LogP contribution in [0.1, 0.15) is 67.0 Å². The normalized spacial score (nSPS) is 17.5. The Morgan fingerprint density at radius 1 is 0.723 bits per heavy atom. The van der Waals surface area contributed by atoms with Crippen LogP contribution < -0.4 is 9.13 Å². The van der Waals surface area contributed by atoms with Crippen LogP contribution in [-0.4, -0.2) is 0 Å². The molecule has 0 saturated carbocycles. The second-order valence-electron chi connectivity index (χ2n) is 13.9. The molecule has 5 heterocycles. The second-order valence-corrected chi connectivity index (χ2v) is 13.9. The summed E-state index contributed by atoms with van der Waals surface area (Å²) in [6.07, 6.45) is 7.77. The summed E-state index contributed by atoms with van der Waals surface area (Å²) in [4.78, 5) is 0. The highest BCUT2D eigenvalue weighted by Crippen LogP contribution is 2.52. The summed E-state index contributed by atoms with van der Waals surface area (Å²) in [6.45, 7) is 10.6. The standard InChI is InChI=1S/C44H36N2O/c1-25(2)35-24-46-39(23-34(35)40-27(4)11-10-12-28(40)5)41-37(44(46)36-14-7-6-13-32(36)38-15-8-9-20-45(38)44)19-18-31-30-17-16-29-21-26(3)22-33(29)42(30)47-43(31)41/h6-20,22-25H,21H2,1-5H3/q+2/i25D. The van der Waals surface area contributed by atoms with Gasteiger partial charge < -0.3 is 4.42 Å². The van der Waals surface area contributed by atoms with Crippen molar-refractivity contribution in [3.63, 3.8) is 0 Å². The van der Waals surface area contributed by atoms with Crippen molar-refractivity contribution in [1.82, 2.24) is 0 Å². The molecule has 10 rings (SSSR count). The molecule has 47 heavy (non-hydrogen) atoms. The van der Waals surface area contributed by atoms with E-state index in [0.717, 1.165) is 50.7 Å². The molecular formula is C44H36N2O+2. The van der Waals surface area contributed by atoms with E-state index < -0.39 is 11.6 Å². The number of aromatic nitrogens is 2. The third-order valence-electron chi connectivity index (χ3n) is 10.9. The Labute approximate surface area is 276 Å². The number of hydrogen-bond acceptors (Lipinski definition) is 1. The van der Waals surface area contributed by atoms with Gasteiger partial charge in [0.1, 0.15) is 27.9 Å². The van der Waals surface area contributed by atoms with Gasteiger partial charge in [-0.15, -0.1) is 9.13 Å². The molecule has 3 aliphatic rings. The van der Waals surface area contributed by atoms with E-state index in [-0.39, 0.29) is 0 Å². The van der Waals surface area contributed by atoms with Gasteiger partial charge in [-0.1, -0.05) is 68.0 Å². The topological polar surface area (TPSA) is 20.9 Å². The zero-order valence-corrected chi connectivity index (χ0v) is 27.4. The monoisotopic (exact) mass is 609 g/mol. The fourth-order valence-corrected chi connectivity index (χ4v) is 9.01. The summed E-state index contributed by atoms with van der Waals surface area (Å²) < 4.78 is 21.5. The van der Waals surface area contributed by atoms with E-state index in [2.05, 4.69) is 139 Å². The molecule has 0 radical (unpaired) electrons. The van der Waals surface area contributed by atoms with Crippen LogP contribution in [0.25, 0.3) is 61.7 Å². The van der Waals surface area contributed by atoms with E-state index in [4.69, 9.17) is 4.42 Å². The average molecular weight is 610 g/mol. The first kappa shape index (κ1) is 25.9. The minimum atomic E-state index is -0.857. The summed E-state index contributed by atoms with van der Waals surface area (Å²) in [7, 11) is 0. The third kappa shape index (κ3) is 3.27. The van der Waals surface area contributed by atoms with Gasteiger partial charge in [0.15, 0.2) is 12.4 Å². The number of benzene rings is 4. The van der Waals surface area contributed by atoms with Gasteiger partial charge in [0.2, 0.25) is 11.4 Å². The lowest BCUT2D eigenvalue weighted by Gasteiger charge is -2.20. The highest BCUT2D eigenvalue weighted by atomic mass is 16.3. The summed E-state index contributed by atoms with van der Waals surface area (Å²) in [6, 6.07) is 33.3. The maximum atomic E-state index is 9.52. The number of hydrogen-bond donors (Lipinski definition) is 0. The maximum Gasteiger partial charge on any atom is 0.417 e. The lowest BCUT2D eigenvalue weighted by atomic mass is 9.88. The molecule has 1 aliphatic carbocycles. The molecule has 0 amide bonds. The number of aryl methyl sites for hydroxylation is 2. The first-order valence-corrected chi connectivity index (χ1v) is 16.7. The molecule has 3 aromatic heterocycles. The molecule has 0 bridgehead atoms. The number of pyridine rings is 2. The van der Waals surface area contributed by atoms with E-state index in [1.165, 1.54) is 55.8 Å². The molecule has 0 N–H and O–H groups in total. The molecule has 1 unspecified atom stereocenters. The Balaban J connectivity index is 1.42. The number of fused-ring (bicyclic) bond motifs is 16. The van der Waals surface area contributed by atoms with Crippen molar-refractivity contribution >= 4 is 28.0 Å². The minimum absolute atomic E-state index is 0.692. The molecule has 7 aromatic rings. The van der Waals surface area contributed by atoms with Gasteiger partial charge in [-0.3, -0.25) is 0 Å². The highest BCUT2D eigenvalue weighted by Gasteiger charge is 2.67. The van der Waals surface area contributed by atoms with Crippen LogP contribution in [0.15, 0.2) is 113 Å². The van der Waals surface area contributed by atoms with Crippen molar-refractivity contribution in [2.24, 2.45) is 0 Å². The van der Waals surface area contributed by atoms with Gasteiger partial charge in [0, 0.05) is 41.5 Å². The molecule has 226 valence electrons. The van der Waals surface area contributed by atoms with E-state index in [9.17, 15) is 1.37 Å². The summed E-state index contributed by atoms with van der Waals surface area (Å²) >= 11 is 0. The van der Waals surface area contributed by atoms with Crippen LogP contribution in [-0.2, 0) is 12.1 Å². The van der Waals surface area contributed by atoms with E-state index in [1.807, 2.05) is 13.8 Å². The Morgan fingerprint density at radius 2 is 1.49 bits per heavy atom. The first-order valence-electron chi connectivity index (χ1n) is 17.2. The fourth-order valence-electron chi connectivity index (χ4n) is 9.01. The zero-order chi connectivity index (χ0) is 32.7. The largest absolute Gasteiger partial charge is 0.454 e. The van der Waals surface area contributed by atoms with Gasteiger partial charge in [0.05, 0.1) is 5.56 Å². The van der Waals surface area contributed by atoms with E-state index >= 15 is 0 Å². The van der Waals surface area contributed by atoms with E-state index in [0.29, 0.717) is 0 Å². The lowest BCUT2D eigenvalue weighted by molar-refractivity contribution is -0.955. The molecule has 1 atom stereocenters. The Bertz CT molecular complexity index is 2550. The SMILES string of the molecule is [2H]C(C)(C)c1c[n+]2c(cc1-c1c(C)cccc1C)-c1c(ccc3c1oc1c4c(ccc13)CC(C)=C4)C21c2ccccc2-c2cccc[n+]21. The van der Waals surface area contributed by atoms with E-state index in [1.54, 1.807) is 0 Å². The molecule has 0 fully saturated rings. The zero-order valence-electron chi connectivity index (χ0n) is 28.4. The third-order valence-corrected chi connectivity index (χ3v) is 10.9. The average Bonchev–Trinajstić information content (AvgIpc) is 3.79. The fraction of sp³-hybridized carbons (Fsp3) is 0.182. The number of nitrogens with zero attached hydrogens (tertiary/aromatic N) is 2. The van der Waals surface area contributed by atoms with Crippen LogP contribution in [0.5, 0.6) is 0 Å². The van der Waals surface area contributed by atoms with Gasteiger partial charge in [0.25, 0.3) is 0 Å². The first-order chi connectivity index (χ1) is 23.2. The molecular weight excluding hydrogens is 572 g/mol. The van der Waals surface area contributed by atoms with Gasteiger partial charge in [-0.25, -0.2) is 0 Å². The van der Waals surface area contributed by atoms with Crippen molar-refractivity contribution in [3.8, 4) is 33.6 Å². The predicted octanol–water partition coefficient (Wildman–Crippen LogP) is 9.79.